The van der Waals surface area contributed by atoms with E-state index in [4.69, 9.17) is 4.74 Å². The summed E-state index contributed by atoms with van der Waals surface area (Å²) >= 11 is 0. The summed E-state index contributed by atoms with van der Waals surface area (Å²) in [5.74, 6) is 1.92. The Kier molecular flexibility index (Phi) is 7.36. The molecule has 0 aromatic carbocycles. The third-order valence-electron chi connectivity index (χ3n) is 1.89. The standard InChI is InChI=1S/C15H24O/c1-7-15(11-9-13(4)5)16-14(6)10-8-12(2)3/h8-11H,7H2,1-6H3/b14-10+,15-11+. The minimum absolute atomic E-state index is 0.907. The van der Waals surface area contributed by atoms with E-state index in [0.717, 1.165) is 17.9 Å². The maximum absolute atomic E-state index is 5.73. The van der Waals surface area contributed by atoms with Crippen LogP contribution in [-0.4, -0.2) is 0 Å². The van der Waals surface area contributed by atoms with Crippen LogP contribution in [0.3, 0.4) is 0 Å². The van der Waals surface area contributed by atoms with E-state index in [1.807, 2.05) is 19.1 Å². The summed E-state index contributed by atoms with van der Waals surface area (Å²) in [5, 5.41) is 0. The molecule has 16 heavy (non-hydrogen) atoms. The zero-order valence-corrected chi connectivity index (χ0v) is 11.4. The molecule has 0 amide bonds. The Bertz CT molecular complexity index is 319. The Balaban J connectivity index is 4.56. The second-order valence-corrected chi connectivity index (χ2v) is 4.35. The van der Waals surface area contributed by atoms with Crippen LogP contribution >= 0.6 is 0 Å². The number of hydrogen-bond acceptors (Lipinski definition) is 1. The quantitative estimate of drug-likeness (QED) is 0.461. The normalized spacial score (nSPS) is 12.1. The second-order valence-electron chi connectivity index (χ2n) is 4.35. The molecule has 0 aromatic heterocycles. The van der Waals surface area contributed by atoms with Gasteiger partial charge in [-0.1, -0.05) is 30.2 Å². The van der Waals surface area contributed by atoms with Crippen LogP contribution in [-0.2, 0) is 4.74 Å². The lowest BCUT2D eigenvalue weighted by molar-refractivity contribution is 0.296. The molecule has 0 aliphatic heterocycles. The van der Waals surface area contributed by atoms with E-state index in [0.29, 0.717) is 0 Å². The molecule has 0 aromatic rings. The first-order valence-corrected chi connectivity index (χ1v) is 5.79. The molecule has 0 heterocycles. The number of allylic oxidation sites excluding steroid dienone is 8. The van der Waals surface area contributed by atoms with Gasteiger partial charge in [0.15, 0.2) is 0 Å². The molecule has 0 saturated heterocycles. The SMILES string of the molecule is CC/C(=C\C=C(C)C)O/C(C)=C/C=C(C)C. The van der Waals surface area contributed by atoms with Gasteiger partial charge in [-0.25, -0.2) is 0 Å². The monoisotopic (exact) mass is 220 g/mol. The molecular formula is C15H24O. The van der Waals surface area contributed by atoms with Crippen molar-refractivity contribution in [2.24, 2.45) is 0 Å². The van der Waals surface area contributed by atoms with Gasteiger partial charge in [0, 0.05) is 6.42 Å². The highest BCUT2D eigenvalue weighted by molar-refractivity contribution is 5.15. The second kappa shape index (κ2) is 7.98. The first-order chi connectivity index (χ1) is 7.45. The Morgan fingerprint density at radius 2 is 1.31 bits per heavy atom. The molecule has 0 spiro atoms. The van der Waals surface area contributed by atoms with Gasteiger partial charge < -0.3 is 4.74 Å². The minimum Gasteiger partial charge on any atom is -0.466 e. The van der Waals surface area contributed by atoms with Crippen molar-refractivity contribution < 1.29 is 4.74 Å². The van der Waals surface area contributed by atoms with Gasteiger partial charge in [0.05, 0.1) is 0 Å². The molecule has 0 N–H and O–H groups in total. The molecule has 0 rings (SSSR count). The predicted octanol–water partition coefficient (Wildman–Crippen LogP) is 5.13. The Hall–Kier alpha value is -1.24. The fourth-order valence-corrected chi connectivity index (χ4v) is 1.01. The summed E-state index contributed by atoms with van der Waals surface area (Å²) in [5.41, 5.74) is 2.55. The molecule has 0 radical (unpaired) electrons. The fraction of sp³-hybridized carbons (Fsp3) is 0.467. The third-order valence-corrected chi connectivity index (χ3v) is 1.89. The van der Waals surface area contributed by atoms with Gasteiger partial charge >= 0.3 is 0 Å². The summed E-state index contributed by atoms with van der Waals surface area (Å²) < 4.78 is 5.73. The van der Waals surface area contributed by atoms with Crippen LogP contribution in [0.5, 0.6) is 0 Å². The van der Waals surface area contributed by atoms with Crippen molar-refractivity contribution in [2.45, 2.75) is 48.0 Å². The van der Waals surface area contributed by atoms with Crippen molar-refractivity contribution >= 4 is 0 Å². The average molecular weight is 220 g/mol. The van der Waals surface area contributed by atoms with E-state index in [1.165, 1.54) is 11.1 Å². The van der Waals surface area contributed by atoms with E-state index in [1.54, 1.807) is 0 Å². The van der Waals surface area contributed by atoms with E-state index in [9.17, 15) is 0 Å². The molecule has 0 unspecified atom stereocenters. The van der Waals surface area contributed by atoms with Gasteiger partial charge in [0.25, 0.3) is 0 Å². The summed E-state index contributed by atoms with van der Waals surface area (Å²) in [6.45, 7) is 12.4. The van der Waals surface area contributed by atoms with Crippen molar-refractivity contribution in [3.8, 4) is 0 Å². The van der Waals surface area contributed by atoms with Gasteiger partial charge in [0.1, 0.15) is 11.5 Å². The fourth-order valence-electron chi connectivity index (χ4n) is 1.01. The van der Waals surface area contributed by atoms with Gasteiger partial charge in [-0.3, -0.25) is 0 Å². The molecule has 0 atom stereocenters. The summed E-state index contributed by atoms with van der Waals surface area (Å²) in [7, 11) is 0. The Morgan fingerprint density at radius 3 is 1.75 bits per heavy atom. The van der Waals surface area contributed by atoms with Crippen molar-refractivity contribution in [3.63, 3.8) is 0 Å². The Labute approximate surface area is 100 Å². The average Bonchev–Trinajstić information content (AvgIpc) is 2.20. The van der Waals surface area contributed by atoms with Crippen LogP contribution in [0, 0.1) is 0 Å². The lowest BCUT2D eigenvalue weighted by Crippen LogP contribution is -1.88. The number of hydrogen-bond donors (Lipinski definition) is 0. The molecular weight excluding hydrogens is 196 g/mol. The highest BCUT2D eigenvalue weighted by Crippen LogP contribution is 2.11. The van der Waals surface area contributed by atoms with E-state index < -0.39 is 0 Å². The maximum Gasteiger partial charge on any atom is 0.103 e. The topological polar surface area (TPSA) is 9.23 Å². The van der Waals surface area contributed by atoms with Crippen LogP contribution in [0.15, 0.2) is 47.0 Å². The van der Waals surface area contributed by atoms with E-state index in [-0.39, 0.29) is 0 Å². The molecule has 0 bridgehead atoms. The van der Waals surface area contributed by atoms with E-state index >= 15 is 0 Å². The molecule has 0 fully saturated rings. The molecule has 0 saturated carbocycles. The van der Waals surface area contributed by atoms with Crippen molar-refractivity contribution in [2.75, 3.05) is 0 Å². The zero-order chi connectivity index (χ0) is 12.6. The Morgan fingerprint density at radius 1 is 0.812 bits per heavy atom. The highest BCUT2D eigenvalue weighted by Gasteiger charge is 1.95. The largest absolute Gasteiger partial charge is 0.466 e. The van der Waals surface area contributed by atoms with Gasteiger partial charge in [0.2, 0.25) is 0 Å². The summed E-state index contributed by atoms with van der Waals surface area (Å²) in [4.78, 5) is 0. The van der Waals surface area contributed by atoms with Crippen LogP contribution < -0.4 is 0 Å². The molecule has 1 nitrogen and oxygen atoms in total. The summed E-state index contributed by atoms with van der Waals surface area (Å²) in [6.07, 6.45) is 9.08. The van der Waals surface area contributed by atoms with Gasteiger partial charge in [-0.05, 0) is 46.8 Å². The lowest BCUT2D eigenvalue weighted by atomic mass is 10.2. The maximum atomic E-state index is 5.73. The highest BCUT2D eigenvalue weighted by atomic mass is 16.5. The number of ether oxygens (including phenoxy) is 1. The molecule has 1 heteroatoms. The summed E-state index contributed by atoms with van der Waals surface area (Å²) in [6, 6.07) is 0. The molecule has 0 aliphatic rings. The predicted molar refractivity (Wildman–Crippen MR) is 72.1 cm³/mol. The van der Waals surface area contributed by atoms with Crippen molar-refractivity contribution in [3.05, 3.63) is 47.0 Å². The minimum atomic E-state index is 0.907. The first kappa shape index (κ1) is 14.8. The van der Waals surface area contributed by atoms with Crippen LogP contribution in [0.25, 0.3) is 0 Å². The van der Waals surface area contributed by atoms with Crippen LogP contribution in [0.1, 0.15) is 48.0 Å². The zero-order valence-electron chi connectivity index (χ0n) is 11.4. The molecule has 0 aliphatic carbocycles. The first-order valence-electron chi connectivity index (χ1n) is 5.79. The third kappa shape index (κ3) is 8.10. The lowest BCUT2D eigenvalue weighted by Gasteiger charge is -2.07. The van der Waals surface area contributed by atoms with Crippen molar-refractivity contribution in [1.82, 2.24) is 0 Å². The van der Waals surface area contributed by atoms with Crippen LogP contribution in [0.4, 0.5) is 0 Å². The molecule has 90 valence electrons. The van der Waals surface area contributed by atoms with E-state index in [2.05, 4.69) is 46.8 Å². The number of rotatable bonds is 5. The van der Waals surface area contributed by atoms with Gasteiger partial charge in [-0.15, -0.1) is 0 Å². The van der Waals surface area contributed by atoms with Crippen molar-refractivity contribution in [1.29, 1.82) is 0 Å². The smallest absolute Gasteiger partial charge is 0.103 e. The van der Waals surface area contributed by atoms with Gasteiger partial charge in [-0.2, -0.15) is 0 Å². The van der Waals surface area contributed by atoms with Crippen LogP contribution in [0.2, 0.25) is 0 Å².